The van der Waals surface area contributed by atoms with E-state index in [0.29, 0.717) is 30.3 Å². The maximum absolute atomic E-state index is 13.0. The number of hydrogen-bond acceptors (Lipinski definition) is 4. The van der Waals surface area contributed by atoms with E-state index < -0.39 is 0 Å². The van der Waals surface area contributed by atoms with Crippen LogP contribution in [0.1, 0.15) is 17.2 Å². The Kier molecular flexibility index (Phi) is 5.36. The van der Waals surface area contributed by atoms with Crippen molar-refractivity contribution in [2.45, 2.75) is 19.6 Å². The van der Waals surface area contributed by atoms with Gasteiger partial charge in [0, 0.05) is 12.1 Å². The summed E-state index contributed by atoms with van der Waals surface area (Å²) in [7, 11) is 0. The molecule has 1 unspecified atom stereocenters. The summed E-state index contributed by atoms with van der Waals surface area (Å²) in [6.45, 7) is 3.82. The zero-order valence-electron chi connectivity index (χ0n) is 15.7. The highest BCUT2D eigenvalue weighted by molar-refractivity contribution is 7.71. The highest BCUT2D eigenvalue weighted by Gasteiger charge is 2.26. The second kappa shape index (κ2) is 8.08. The van der Waals surface area contributed by atoms with Crippen molar-refractivity contribution in [1.29, 1.82) is 0 Å². The minimum atomic E-state index is -0.104. The molecular weight excluding hydrogens is 372 g/mol. The first-order valence-corrected chi connectivity index (χ1v) is 9.69. The normalized spacial score (nSPS) is 16.9. The van der Waals surface area contributed by atoms with Crippen molar-refractivity contribution in [3.63, 3.8) is 0 Å². The average Bonchev–Trinajstić information content (AvgIpc) is 3.09. The second-order valence-corrected chi connectivity index (χ2v) is 7.30. The number of aromatic amines is 1. The molecule has 1 aliphatic rings. The smallest absolute Gasteiger partial charge is 0.242 e. The SMILES string of the molecule is Cc1ccc(-c2n[nH]c(=S)n2CC(=O)N2CCOC(c3ccccc3)C2)cc1. The Morgan fingerprint density at radius 2 is 1.96 bits per heavy atom. The van der Waals surface area contributed by atoms with Crippen LogP contribution < -0.4 is 0 Å². The summed E-state index contributed by atoms with van der Waals surface area (Å²) in [5.74, 6) is 0.682. The summed E-state index contributed by atoms with van der Waals surface area (Å²) in [5.41, 5.74) is 3.18. The third-order valence-electron chi connectivity index (χ3n) is 4.95. The molecular formula is C21H22N4O2S. The van der Waals surface area contributed by atoms with Crippen molar-refractivity contribution in [3.8, 4) is 11.4 Å². The van der Waals surface area contributed by atoms with Crippen molar-refractivity contribution < 1.29 is 9.53 Å². The molecule has 1 aliphatic heterocycles. The van der Waals surface area contributed by atoms with Crippen molar-refractivity contribution in [2.24, 2.45) is 0 Å². The van der Waals surface area contributed by atoms with Crippen LogP contribution in [0.3, 0.4) is 0 Å². The predicted molar refractivity (Wildman–Crippen MR) is 109 cm³/mol. The van der Waals surface area contributed by atoms with Crippen LogP contribution in [0.2, 0.25) is 0 Å². The fourth-order valence-corrected chi connectivity index (χ4v) is 3.56. The Balaban J connectivity index is 1.52. The summed E-state index contributed by atoms with van der Waals surface area (Å²) in [4.78, 5) is 14.8. The molecule has 0 radical (unpaired) electrons. The molecule has 0 bridgehead atoms. The minimum absolute atomic E-state index is 0.00935. The summed E-state index contributed by atoms with van der Waals surface area (Å²) < 4.78 is 8.07. The van der Waals surface area contributed by atoms with Crippen LogP contribution in [0.15, 0.2) is 54.6 Å². The van der Waals surface area contributed by atoms with Crippen molar-refractivity contribution >= 4 is 18.1 Å². The van der Waals surface area contributed by atoms with Gasteiger partial charge < -0.3 is 9.64 Å². The fraction of sp³-hybridized carbons (Fsp3) is 0.286. The van der Waals surface area contributed by atoms with Gasteiger partial charge in [-0.3, -0.25) is 14.5 Å². The number of benzene rings is 2. The predicted octanol–water partition coefficient (Wildman–Crippen LogP) is 3.52. The van der Waals surface area contributed by atoms with Crippen LogP contribution in [-0.4, -0.2) is 45.3 Å². The summed E-state index contributed by atoms with van der Waals surface area (Å²) in [6.07, 6.45) is -0.104. The molecule has 0 spiro atoms. The van der Waals surface area contributed by atoms with Gasteiger partial charge in [-0.05, 0) is 24.7 Å². The molecule has 4 rings (SSSR count). The summed E-state index contributed by atoms with van der Waals surface area (Å²) in [5, 5.41) is 7.14. The zero-order valence-corrected chi connectivity index (χ0v) is 16.5. The van der Waals surface area contributed by atoms with Crippen LogP contribution in [-0.2, 0) is 16.1 Å². The standard InChI is InChI=1S/C21H22N4O2S/c1-15-7-9-17(10-8-15)20-22-23-21(28)25(20)14-19(26)24-11-12-27-18(13-24)16-5-3-2-4-6-16/h2-10,18H,11-14H2,1H3,(H,23,28). The molecule has 144 valence electrons. The average molecular weight is 395 g/mol. The number of morpholine rings is 1. The van der Waals surface area contributed by atoms with Gasteiger partial charge in [0.2, 0.25) is 5.91 Å². The van der Waals surface area contributed by atoms with E-state index in [9.17, 15) is 4.79 Å². The van der Waals surface area contributed by atoms with E-state index in [1.54, 1.807) is 4.57 Å². The summed E-state index contributed by atoms with van der Waals surface area (Å²) >= 11 is 5.37. The Morgan fingerprint density at radius 1 is 1.21 bits per heavy atom. The molecule has 6 nitrogen and oxygen atoms in total. The lowest BCUT2D eigenvalue weighted by atomic mass is 10.1. The number of carbonyl (C=O) groups excluding carboxylic acids is 1. The quantitative estimate of drug-likeness (QED) is 0.688. The van der Waals surface area contributed by atoms with Gasteiger partial charge >= 0.3 is 0 Å². The molecule has 1 saturated heterocycles. The number of nitrogens with zero attached hydrogens (tertiary/aromatic N) is 3. The van der Waals surface area contributed by atoms with Gasteiger partial charge in [0.1, 0.15) is 12.6 Å². The van der Waals surface area contributed by atoms with Crippen LogP contribution in [0, 0.1) is 11.7 Å². The largest absolute Gasteiger partial charge is 0.370 e. The maximum atomic E-state index is 13.0. The van der Waals surface area contributed by atoms with E-state index in [1.165, 1.54) is 5.56 Å². The van der Waals surface area contributed by atoms with E-state index in [0.717, 1.165) is 11.1 Å². The first kappa shape index (κ1) is 18.6. The number of amides is 1. The van der Waals surface area contributed by atoms with Gasteiger partial charge in [0.05, 0.1) is 13.2 Å². The van der Waals surface area contributed by atoms with Gasteiger partial charge in [-0.15, -0.1) is 0 Å². The van der Waals surface area contributed by atoms with E-state index >= 15 is 0 Å². The molecule has 1 N–H and O–H groups in total. The maximum Gasteiger partial charge on any atom is 0.242 e. The Labute approximate surface area is 168 Å². The Hall–Kier alpha value is -2.77. The lowest BCUT2D eigenvalue weighted by molar-refractivity contribution is -0.139. The van der Waals surface area contributed by atoms with Crippen LogP contribution in [0.5, 0.6) is 0 Å². The van der Waals surface area contributed by atoms with E-state index in [2.05, 4.69) is 10.2 Å². The lowest BCUT2D eigenvalue weighted by Gasteiger charge is -2.33. The molecule has 1 atom stereocenters. The molecule has 1 aromatic heterocycles. The number of hydrogen-bond donors (Lipinski definition) is 1. The van der Waals surface area contributed by atoms with Gasteiger partial charge in [-0.1, -0.05) is 60.2 Å². The Morgan fingerprint density at radius 3 is 2.71 bits per heavy atom. The number of ether oxygens (including phenoxy) is 1. The number of nitrogens with one attached hydrogen (secondary N) is 1. The topological polar surface area (TPSA) is 63.2 Å². The first-order chi connectivity index (χ1) is 13.6. The number of aryl methyl sites for hydroxylation is 1. The van der Waals surface area contributed by atoms with Gasteiger partial charge in [-0.25, -0.2) is 0 Å². The molecule has 0 aliphatic carbocycles. The van der Waals surface area contributed by atoms with Crippen LogP contribution in [0.25, 0.3) is 11.4 Å². The van der Waals surface area contributed by atoms with E-state index in [4.69, 9.17) is 17.0 Å². The van der Waals surface area contributed by atoms with Gasteiger partial charge in [0.25, 0.3) is 0 Å². The molecule has 7 heteroatoms. The molecule has 28 heavy (non-hydrogen) atoms. The molecule has 3 aromatic rings. The third-order valence-corrected chi connectivity index (χ3v) is 5.26. The van der Waals surface area contributed by atoms with Crippen molar-refractivity contribution in [2.75, 3.05) is 19.7 Å². The van der Waals surface area contributed by atoms with Gasteiger partial charge in [-0.2, -0.15) is 5.10 Å². The van der Waals surface area contributed by atoms with Crippen molar-refractivity contribution in [1.82, 2.24) is 19.7 Å². The highest BCUT2D eigenvalue weighted by atomic mass is 32.1. The first-order valence-electron chi connectivity index (χ1n) is 9.28. The number of rotatable bonds is 4. The van der Waals surface area contributed by atoms with Crippen LogP contribution >= 0.6 is 12.2 Å². The van der Waals surface area contributed by atoms with Crippen LogP contribution in [0.4, 0.5) is 0 Å². The number of H-pyrrole nitrogens is 1. The number of aromatic nitrogens is 3. The lowest BCUT2D eigenvalue weighted by Crippen LogP contribution is -2.43. The molecule has 2 heterocycles. The molecule has 1 fully saturated rings. The molecule has 1 amide bonds. The zero-order chi connectivity index (χ0) is 19.5. The molecule has 0 saturated carbocycles. The van der Waals surface area contributed by atoms with E-state index in [-0.39, 0.29) is 18.6 Å². The van der Waals surface area contributed by atoms with E-state index in [1.807, 2.05) is 66.4 Å². The van der Waals surface area contributed by atoms with Gasteiger partial charge in [0.15, 0.2) is 10.6 Å². The number of carbonyl (C=O) groups is 1. The third kappa shape index (κ3) is 3.90. The minimum Gasteiger partial charge on any atom is -0.370 e. The highest BCUT2D eigenvalue weighted by Crippen LogP contribution is 2.23. The summed E-state index contributed by atoms with van der Waals surface area (Å²) in [6, 6.07) is 18.0. The Bertz CT molecular complexity index is 1010. The monoisotopic (exact) mass is 394 g/mol. The fourth-order valence-electron chi connectivity index (χ4n) is 3.37. The molecule has 2 aromatic carbocycles. The van der Waals surface area contributed by atoms with Crippen molar-refractivity contribution in [3.05, 3.63) is 70.5 Å². The second-order valence-electron chi connectivity index (χ2n) is 6.91.